The highest BCUT2D eigenvalue weighted by Crippen LogP contribution is 2.28. The topological polar surface area (TPSA) is 79.9 Å². The molecule has 1 aliphatic rings. The van der Waals surface area contributed by atoms with E-state index in [1.54, 1.807) is 4.90 Å². The van der Waals surface area contributed by atoms with Crippen LogP contribution in [0.3, 0.4) is 0 Å². The average Bonchev–Trinajstić information content (AvgIpc) is 3.09. The molecule has 31 heavy (non-hydrogen) atoms. The lowest BCUT2D eigenvalue weighted by atomic mass is 10.1. The van der Waals surface area contributed by atoms with E-state index in [0.717, 1.165) is 16.9 Å². The summed E-state index contributed by atoms with van der Waals surface area (Å²) in [5.41, 5.74) is 2.14. The molecule has 2 aromatic carbocycles. The van der Waals surface area contributed by atoms with E-state index >= 15 is 0 Å². The molecule has 3 amide bonds. The Labute approximate surface area is 183 Å². The van der Waals surface area contributed by atoms with Crippen LogP contribution in [0.2, 0.25) is 0 Å². The van der Waals surface area contributed by atoms with Crippen LogP contribution in [0.15, 0.2) is 48.5 Å². The van der Waals surface area contributed by atoms with Crippen LogP contribution in [0.4, 0.5) is 4.79 Å². The standard InChI is InChI=1S/C24H31N3O4/c1-3-30-21-11-10-18(14-22(21)31-4-2)12-13-25-24(29)26-20-15-23(28)27(17-20)16-19-8-6-5-7-9-19/h5-11,14,20H,3-4,12-13,15-17H2,1-2H3,(H2,25,26,29). The third-order valence-corrected chi connectivity index (χ3v) is 5.07. The van der Waals surface area contributed by atoms with E-state index in [2.05, 4.69) is 10.6 Å². The fourth-order valence-corrected chi connectivity index (χ4v) is 3.63. The summed E-state index contributed by atoms with van der Waals surface area (Å²) in [4.78, 5) is 26.3. The third-order valence-electron chi connectivity index (χ3n) is 5.07. The molecule has 0 spiro atoms. The average molecular weight is 426 g/mol. The summed E-state index contributed by atoms with van der Waals surface area (Å²) in [5.74, 6) is 1.51. The highest BCUT2D eigenvalue weighted by Gasteiger charge is 2.30. The van der Waals surface area contributed by atoms with Crippen LogP contribution >= 0.6 is 0 Å². The Morgan fingerprint density at radius 2 is 1.77 bits per heavy atom. The third kappa shape index (κ3) is 6.64. The Hall–Kier alpha value is -3.22. The monoisotopic (exact) mass is 425 g/mol. The maximum Gasteiger partial charge on any atom is 0.315 e. The van der Waals surface area contributed by atoms with Gasteiger partial charge in [0, 0.05) is 26.1 Å². The lowest BCUT2D eigenvalue weighted by molar-refractivity contribution is -0.128. The van der Waals surface area contributed by atoms with Gasteiger partial charge in [0.25, 0.3) is 0 Å². The van der Waals surface area contributed by atoms with E-state index in [4.69, 9.17) is 9.47 Å². The first-order valence-corrected chi connectivity index (χ1v) is 10.8. The van der Waals surface area contributed by atoms with Crippen LogP contribution in [0.5, 0.6) is 11.5 Å². The molecule has 7 nitrogen and oxygen atoms in total. The van der Waals surface area contributed by atoms with Crippen molar-refractivity contribution in [3.63, 3.8) is 0 Å². The predicted molar refractivity (Wildman–Crippen MR) is 119 cm³/mol. The van der Waals surface area contributed by atoms with Crippen molar-refractivity contribution >= 4 is 11.9 Å². The molecule has 1 heterocycles. The molecule has 0 radical (unpaired) electrons. The molecule has 1 unspecified atom stereocenters. The number of ether oxygens (including phenoxy) is 2. The van der Waals surface area contributed by atoms with Crippen molar-refractivity contribution in [1.82, 2.24) is 15.5 Å². The van der Waals surface area contributed by atoms with Crippen LogP contribution in [-0.4, -0.2) is 49.2 Å². The number of rotatable bonds is 10. The van der Waals surface area contributed by atoms with Crippen molar-refractivity contribution in [2.45, 2.75) is 39.3 Å². The number of likely N-dealkylation sites (tertiary alicyclic amines) is 1. The van der Waals surface area contributed by atoms with Gasteiger partial charge in [-0.1, -0.05) is 36.4 Å². The molecule has 0 bridgehead atoms. The van der Waals surface area contributed by atoms with E-state index in [1.807, 2.05) is 62.4 Å². The second kappa shape index (κ2) is 11.2. The number of carbonyl (C=O) groups is 2. The maximum absolute atomic E-state index is 12.3. The molecule has 1 atom stereocenters. The number of nitrogens with zero attached hydrogens (tertiary/aromatic N) is 1. The maximum atomic E-state index is 12.3. The van der Waals surface area contributed by atoms with Crippen molar-refractivity contribution in [2.24, 2.45) is 0 Å². The van der Waals surface area contributed by atoms with Gasteiger partial charge >= 0.3 is 6.03 Å². The fraction of sp³-hybridized carbons (Fsp3) is 0.417. The van der Waals surface area contributed by atoms with Gasteiger partial charge in [0.15, 0.2) is 11.5 Å². The van der Waals surface area contributed by atoms with Gasteiger partial charge in [0.1, 0.15) is 0 Å². The molecule has 2 N–H and O–H groups in total. The first-order chi connectivity index (χ1) is 15.1. The molecule has 0 aliphatic carbocycles. The van der Waals surface area contributed by atoms with E-state index in [1.165, 1.54) is 0 Å². The number of carbonyl (C=O) groups excluding carboxylic acids is 2. The number of hydrogen-bond acceptors (Lipinski definition) is 4. The molecule has 1 saturated heterocycles. The van der Waals surface area contributed by atoms with Crippen molar-refractivity contribution in [2.75, 3.05) is 26.3 Å². The van der Waals surface area contributed by atoms with Crippen molar-refractivity contribution in [1.29, 1.82) is 0 Å². The summed E-state index contributed by atoms with van der Waals surface area (Å²) in [7, 11) is 0. The highest BCUT2D eigenvalue weighted by molar-refractivity contribution is 5.81. The number of hydrogen-bond donors (Lipinski definition) is 2. The summed E-state index contributed by atoms with van der Waals surface area (Å²) in [6.45, 7) is 6.59. The normalized spacial score (nSPS) is 15.6. The molecule has 3 rings (SSSR count). The van der Waals surface area contributed by atoms with Crippen LogP contribution in [0, 0.1) is 0 Å². The second-order valence-corrected chi connectivity index (χ2v) is 7.46. The van der Waals surface area contributed by atoms with E-state index in [-0.39, 0.29) is 18.0 Å². The largest absolute Gasteiger partial charge is 0.490 e. The molecule has 7 heteroatoms. The van der Waals surface area contributed by atoms with Crippen molar-refractivity contribution in [3.8, 4) is 11.5 Å². The fourth-order valence-electron chi connectivity index (χ4n) is 3.63. The van der Waals surface area contributed by atoms with Crippen molar-refractivity contribution in [3.05, 3.63) is 59.7 Å². The van der Waals surface area contributed by atoms with Gasteiger partial charge in [-0.15, -0.1) is 0 Å². The zero-order valence-electron chi connectivity index (χ0n) is 18.2. The number of urea groups is 1. The van der Waals surface area contributed by atoms with E-state index in [0.29, 0.717) is 51.4 Å². The minimum absolute atomic E-state index is 0.0620. The van der Waals surface area contributed by atoms with E-state index in [9.17, 15) is 9.59 Å². The van der Waals surface area contributed by atoms with Gasteiger partial charge in [0.2, 0.25) is 5.91 Å². The molecular formula is C24H31N3O4. The van der Waals surface area contributed by atoms with Crippen LogP contribution < -0.4 is 20.1 Å². The summed E-state index contributed by atoms with van der Waals surface area (Å²) in [6, 6.07) is 15.3. The lowest BCUT2D eigenvalue weighted by Gasteiger charge is -2.17. The number of nitrogens with one attached hydrogen (secondary N) is 2. The van der Waals surface area contributed by atoms with Crippen LogP contribution in [-0.2, 0) is 17.8 Å². The summed E-state index contributed by atoms with van der Waals surface area (Å²) >= 11 is 0. The summed E-state index contributed by atoms with van der Waals surface area (Å²) in [5, 5.41) is 5.79. The zero-order valence-corrected chi connectivity index (χ0v) is 18.2. The van der Waals surface area contributed by atoms with Gasteiger partial charge in [-0.25, -0.2) is 4.79 Å². The predicted octanol–water partition coefficient (Wildman–Crippen LogP) is 3.13. The molecule has 1 aliphatic heterocycles. The first kappa shape index (κ1) is 22.5. The van der Waals surface area contributed by atoms with Gasteiger partial charge in [-0.3, -0.25) is 4.79 Å². The minimum atomic E-state index is -0.254. The quantitative estimate of drug-likeness (QED) is 0.613. The minimum Gasteiger partial charge on any atom is -0.490 e. The number of benzene rings is 2. The van der Waals surface area contributed by atoms with Crippen molar-refractivity contribution < 1.29 is 19.1 Å². The van der Waals surface area contributed by atoms with Gasteiger partial charge in [-0.05, 0) is 43.5 Å². The van der Waals surface area contributed by atoms with Crippen LogP contribution in [0.1, 0.15) is 31.4 Å². The second-order valence-electron chi connectivity index (χ2n) is 7.46. The van der Waals surface area contributed by atoms with Gasteiger partial charge in [0.05, 0.1) is 19.3 Å². The molecule has 1 fully saturated rings. The first-order valence-electron chi connectivity index (χ1n) is 10.8. The van der Waals surface area contributed by atoms with Crippen LogP contribution in [0.25, 0.3) is 0 Å². The van der Waals surface area contributed by atoms with E-state index < -0.39 is 0 Å². The highest BCUT2D eigenvalue weighted by atomic mass is 16.5. The van der Waals surface area contributed by atoms with Gasteiger partial charge < -0.3 is 25.0 Å². The summed E-state index contributed by atoms with van der Waals surface area (Å²) in [6.07, 6.45) is 1.00. The number of amides is 3. The smallest absolute Gasteiger partial charge is 0.315 e. The van der Waals surface area contributed by atoms with Gasteiger partial charge in [-0.2, -0.15) is 0 Å². The molecule has 0 saturated carbocycles. The molecule has 0 aromatic heterocycles. The molecular weight excluding hydrogens is 394 g/mol. The Morgan fingerprint density at radius 3 is 2.52 bits per heavy atom. The Balaban J connectivity index is 1.43. The molecule has 2 aromatic rings. The molecule has 166 valence electrons. The summed E-state index contributed by atoms with van der Waals surface area (Å²) < 4.78 is 11.2. The Morgan fingerprint density at radius 1 is 1.03 bits per heavy atom. The zero-order chi connectivity index (χ0) is 22.1. The Bertz CT molecular complexity index is 872. The lowest BCUT2D eigenvalue weighted by Crippen LogP contribution is -2.43. The SMILES string of the molecule is CCOc1ccc(CCNC(=O)NC2CC(=O)N(Cc3ccccc3)C2)cc1OCC. The Kier molecular flexibility index (Phi) is 8.15.